The fourth-order valence-corrected chi connectivity index (χ4v) is 4.38. The van der Waals surface area contributed by atoms with Crippen LogP contribution in [0.25, 0.3) is 11.0 Å². The molecule has 4 nitrogen and oxygen atoms in total. The summed E-state index contributed by atoms with van der Waals surface area (Å²) in [7, 11) is 0. The van der Waals surface area contributed by atoms with Crippen molar-refractivity contribution in [3.05, 3.63) is 30.1 Å². The van der Waals surface area contributed by atoms with Crippen molar-refractivity contribution in [3.8, 4) is 0 Å². The van der Waals surface area contributed by atoms with Crippen LogP contribution in [0.4, 0.5) is 0 Å². The van der Waals surface area contributed by atoms with E-state index in [-0.39, 0.29) is 18.1 Å². The van der Waals surface area contributed by atoms with E-state index in [0.29, 0.717) is 17.8 Å². The van der Waals surface area contributed by atoms with Crippen molar-refractivity contribution in [3.63, 3.8) is 0 Å². The average Bonchev–Trinajstić information content (AvgIpc) is 2.99. The van der Waals surface area contributed by atoms with Crippen LogP contribution in [-0.2, 0) is 16.0 Å². The molecule has 1 fully saturated rings. The fourth-order valence-electron chi connectivity index (χ4n) is 4.38. The van der Waals surface area contributed by atoms with Crippen molar-refractivity contribution in [2.24, 2.45) is 17.8 Å². The van der Waals surface area contributed by atoms with E-state index in [2.05, 4.69) is 27.7 Å². The van der Waals surface area contributed by atoms with E-state index in [1.165, 1.54) is 6.42 Å². The van der Waals surface area contributed by atoms with Gasteiger partial charge in [-0.3, -0.25) is 0 Å². The quantitative estimate of drug-likeness (QED) is 0.695. The first-order chi connectivity index (χ1) is 12.4. The molecule has 4 atom stereocenters. The highest BCUT2D eigenvalue weighted by atomic mass is 16.5. The van der Waals surface area contributed by atoms with E-state index in [0.717, 1.165) is 36.1 Å². The zero-order valence-electron chi connectivity index (χ0n) is 16.7. The maximum Gasteiger partial charge on any atom is 0.329 e. The third-order valence-electron chi connectivity index (χ3n) is 5.94. The second-order valence-corrected chi connectivity index (χ2v) is 8.22. The molecule has 1 aromatic carbocycles. The zero-order valence-corrected chi connectivity index (χ0v) is 16.7. The summed E-state index contributed by atoms with van der Waals surface area (Å²) in [4.78, 5) is 17.7. The molecule has 0 N–H and O–H groups in total. The SMILES string of the molecule is CCc1nc2ccccc2n1[C@@H](C)C(=O)OC1C[C@H](C)CC[C@H]1C(C)C. The summed E-state index contributed by atoms with van der Waals surface area (Å²) in [5.74, 6) is 2.43. The Morgan fingerprint density at radius 2 is 2.00 bits per heavy atom. The summed E-state index contributed by atoms with van der Waals surface area (Å²) < 4.78 is 8.13. The maximum atomic E-state index is 13.0. The van der Waals surface area contributed by atoms with Gasteiger partial charge in [-0.25, -0.2) is 9.78 Å². The molecule has 1 aromatic heterocycles. The van der Waals surface area contributed by atoms with Crippen molar-refractivity contribution in [1.29, 1.82) is 0 Å². The molecule has 2 aromatic rings. The number of carbonyl (C=O) groups is 1. The standard InChI is InChI=1S/C22H32N2O2/c1-6-21-23-18-9-7-8-10-19(18)24(21)16(5)22(25)26-20-13-15(4)11-12-17(20)14(2)3/h7-10,14-17,20H,6,11-13H2,1-5H3/t15-,16+,17+,20?/m1/s1. The Bertz CT molecular complexity index is 765. The molecule has 1 heterocycles. The van der Waals surface area contributed by atoms with Gasteiger partial charge in [0, 0.05) is 6.42 Å². The van der Waals surface area contributed by atoms with Gasteiger partial charge in [0.05, 0.1) is 11.0 Å². The number of esters is 1. The number of carbonyl (C=O) groups excluding carboxylic acids is 1. The topological polar surface area (TPSA) is 44.1 Å². The smallest absolute Gasteiger partial charge is 0.329 e. The molecule has 0 radical (unpaired) electrons. The first-order valence-corrected chi connectivity index (χ1v) is 10.1. The van der Waals surface area contributed by atoms with Crippen molar-refractivity contribution < 1.29 is 9.53 Å². The lowest BCUT2D eigenvalue weighted by molar-refractivity contribution is -0.159. The first kappa shape index (κ1) is 18.9. The number of hydrogen-bond acceptors (Lipinski definition) is 3. The van der Waals surface area contributed by atoms with Gasteiger partial charge in [0.15, 0.2) is 0 Å². The molecule has 142 valence electrons. The molecule has 0 saturated heterocycles. The Balaban J connectivity index is 1.83. The number of rotatable bonds is 5. The first-order valence-electron chi connectivity index (χ1n) is 10.1. The van der Waals surface area contributed by atoms with Crippen LogP contribution in [0.2, 0.25) is 0 Å². The van der Waals surface area contributed by atoms with E-state index in [1.807, 2.05) is 35.8 Å². The number of para-hydroxylation sites is 2. The summed E-state index contributed by atoms with van der Waals surface area (Å²) in [6.07, 6.45) is 4.19. The molecular formula is C22H32N2O2. The summed E-state index contributed by atoms with van der Waals surface area (Å²) in [6.45, 7) is 10.8. The number of hydrogen-bond donors (Lipinski definition) is 0. The highest BCUT2D eigenvalue weighted by Gasteiger charge is 2.35. The third kappa shape index (κ3) is 3.65. The van der Waals surface area contributed by atoms with E-state index in [9.17, 15) is 4.79 Å². The highest BCUT2D eigenvalue weighted by Crippen LogP contribution is 2.36. The van der Waals surface area contributed by atoms with Gasteiger partial charge in [-0.1, -0.05) is 46.2 Å². The van der Waals surface area contributed by atoms with Gasteiger partial charge in [-0.15, -0.1) is 0 Å². The molecule has 1 unspecified atom stereocenters. The lowest BCUT2D eigenvalue weighted by atomic mass is 9.75. The second-order valence-electron chi connectivity index (χ2n) is 8.22. The predicted molar refractivity (Wildman–Crippen MR) is 105 cm³/mol. The average molecular weight is 357 g/mol. The third-order valence-corrected chi connectivity index (χ3v) is 5.94. The van der Waals surface area contributed by atoms with Crippen LogP contribution in [0.1, 0.15) is 65.7 Å². The van der Waals surface area contributed by atoms with E-state index in [1.54, 1.807) is 0 Å². The van der Waals surface area contributed by atoms with Crippen LogP contribution in [-0.4, -0.2) is 21.6 Å². The molecule has 4 heteroatoms. The fraction of sp³-hybridized carbons (Fsp3) is 0.636. The van der Waals surface area contributed by atoms with Crippen LogP contribution >= 0.6 is 0 Å². The van der Waals surface area contributed by atoms with Gasteiger partial charge in [-0.05, 0) is 49.7 Å². The number of imidazole rings is 1. The largest absolute Gasteiger partial charge is 0.461 e. The Kier molecular flexibility index (Phi) is 5.69. The lowest BCUT2D eigenvalue weighted by Crippen LogP contribution is -2.37. The van der Waals surface area contributed by atoms with Gasteiger partial charge >= 0.3 is 5.97 Å². The Morgan fingerprint density at radius 3 is 2.69 bits per heavy atom. The van der Waals surface area contributed by atoms with Crippen molar-refractivity contribution in [2.45, 2.75) is 72.4 Å². The molecule has 3 rings (SSSR count). The molecule has 26 heavy (non-hydrogen) atoms. The van der Waals surface area contributed by atoms with Crippen LogP contribution < -0.4 is 0 Å². The van der Waals surface area contributed by atoms with Crippen molar-refractivity contribution >= 4 is 17.0 Å². The summed E-state index contributed by atoms with van der Waals surface area (Å²) in [6, 6.07) is 7.65. The summed E-state index contributed by atoms with van der Waals surface area (Å²) in [5.41, 5.74) is 1.95. The summed E-state index contributed by atoms with van der Waals surface area (Å²) >= 11 is 0. The normalized spacial score (nSPS) is 24.8. The van der Waals surface area contributed by atoms with Crippen LogP contribution in [0.3, 0.4) is 0 Å². The van der Waals surface area contributed by atoms with Gasteiger partial charge in [0.25, 0.3) is 0 Å². The molecule has 0 aliphatic heterocycles. The number of nitrogens with zero attached hydrogens (tertiary/aromatic N) is 2. The molecule has 1 saturated carbocycles. The van der Waals surface area contributed by atoms with Gasteiger partial charge in [-0.2, -0.15) is 0 Å². The summed E-state index contributed by atoms with van der Waals surface area (Å²) in [5, 5.41) is 0. The molecule has 0 amide bonds. The Hall–Kier alpha value is -1.84. The Labute approximate surface area is 156 Å². The van der Waals surface area contributed by atoms with Crippen LogP contribution in [0, 0.1) is 17.8 Å². The number of aryl methyl sites for hydroxylation is 1. The van der Waals surface area contributed by atoms with Crippen LogP contribution in [0.15, 0.2) is 24.3 Å². The van der Waals surface area contributed by atoms with Gasteiger partial charge in [0.2, 0.25) is 0 Å². The highest BCUT2D eigenvalue weighted by molar-refractivity contribution is 5.81. The minimum Gasteiger partial charge on any atom is -0.461 e. The van der Waals surface area contributed by atoms with E-state index >= 15 is 0 Å². The number of fused-ring (bicyclic) bond motifs is 1. The molecule has 0 spiro atoms. The maximum absolute atomic E-state index is 13.0. The lowest BCUT2D eigenvalue weighted by Gasteiger charge is -2.37. The molecule has 1 aliphatic rings. The van der Waals surface area contributed by atoms with Gasteiger partial charge < -0.3 is 9.30 Å². The van der Waals surface area contributed by atoms with Gasteiger partial charge in [0.1, 0.15) is 18.0 Å². The monoisotopic (exact) mass is 356 g/mol. The number of benzene rings is 1. The van der Waals surface area contributed by atoms with Crippen molar-refractivity contribution in [1.82, 2.24) is 9.55 Å². The Morgan fingerprint density at radius 1 is 1.27 bits per heavy atom. The predicted octanol–water partition coefficient (Wildman–Crippen LogP) is 5.16. The van der Waals surface area contributed by atoms with E-state index < -0.39 is 0 Å². The minimum atomic E-state index is -0.359. The molecule has 1 aliphatic carbocycles. The molecule has 0 bridgehead atoms. The minimum absolute atomic E-state index is 0.0357. The number of aromatic nitrogens is 2. The molecular weight excluding hydrogens is 324 g/mol. The zero-order chi connectivity index (χ0) is 18.8. The second kappa shape index (κ2) is 7.81. The number of ether oxygens (including phenoxy) is 1. The van der Waals surface area contributed by atoms with Crippen LogP contribution in [0.5, 0.6) is 0 Å². The van der Waals surface area contributed by atoms with E-state index in [4.69, 9.17) is 9.72 Å². The van der Waals surface area contributed by atoms with Crippen molar-refractivity contribution in [2.75, 3.05) is 0 Å².